The Morgan fingerprint density at radius 2 is 1.97 bits per heavy atom. The third kappa shape index (κ3) is 3.74. The Bertz CT molecular complexity index is 1300. The van der Waals surface area contributed by atoms with Crippen molar-refractivity contribution in [3.63, 3.8) is 0 Å². The fourth-order valence-electron chi connectivity index (χ4n) is 4.98. The van der Waals surface area contributed by atoms with Gasteiger partial charge in [-0.05, 0) is 36.6 Å². The number of aromatic amines is 1. The number of H-pyrrole nitrogens is 1. The quantitative estimate of drug-likeness (QED) is 0.481. The van der Waals surface area contributed by atoms with Crippen LogP contribution in [-0.4, -0.2) is 73.1 Å². The van der Waals surface area contributed by atoms with E-state index >= 15 is 0 Å². The number of halogens is 3. The zero-order valence-corrected chi connectivity index (χ0v) is 18.1. The number of rotatable bonds is 5. The lowest BCUT2D eigenvalue weighted by atomic mass is 9.85. The van der Waals surface area contributed by atoms with Crippen LogP contribution in [0, 0.1) is 5.92 Å². The summed E-state index contributed by atoms with van der Waals surface area (Å²) in [5.41, 5.74) is 3.28. The van der Waals surface area contributed by atoms with Crippen LogP contribution in [-0.2, 0) is 4.74 Å². The molecule has 11 heteroatoms. The maximum absolute atomic E-state index is 14.1. The van der Waals surface area contributed by atoms with E-state index < -0.39 is 18.0 Å². The van der Waals surface area contributed by atoms with E-state index in [1.54, 1.807) is 35.7 Å². The molecular formula is C23H22F3N7O. The normalized spacial score (nSPS) is 20.6. The number of nitrogens with zero attached hydrogens (tertiary/aromatic N) is 6. The van der Waals surface area contributed by atoms with Gasteiger partial charge in [-0.15, -0.1) is 0 Å². The Morgan fingerprint density at radius 3 is 2.71 bits per heavy atom. The van der Waals surface area contributed by atoms with Crippen molar-refractivity contribution in [3.05, 3.63) is 54.9 Å². The second kappa shape index (κ2) is 8.17. The summed E-state index contributed by atoms with van der Waals surface area (Å²) in [7, 11) is 0. The zero-order valence-electron chi connectivity index (χ0n) is 18.1. The Hall–Kier alpha value is -3.31. The molecule has 8 nitrogen and oxygen atoms in total. The average molecular weight is 469 g/mol. The third-order valence-electron chi connectivity index (χ3n) is 6.80. The van der Waals surface area contributed by atoms with Crippen molar-refractivity contribution in [2.24, 2.45) is 5.92 Å². The van der Waals surface area contributed by atoms with Gasteiger partial charge in [0.05, 0.1) is 43.2 Å². The largest absolute Gasteiger partial charge is 0.396 e. The molecule has 0 radical (unpaired) electrons. The molecule has 2 fully saturated rings. The predicted molar refractivity (Wildman–Crippen MR) is 117 cm³/mol. The minimum absolute atomic E-state index is 0.189. The van der Waals surface area contributed by atoms with Crippen LogP contribution in [0.25, 0.3) is 28.1 Å². The number of fused-ring (bicyclic) bond motifs is 1. The topological polar surface area (TPSA) is 84.8 Å². The van der Waals surface area contributed by atoms with Crippen molar-refractivity contribution < 1.29 is 17.9 Å². The van der Waals surface area contributed by atoms with Gasteiger partial charge in [0, 0.05) is 36.3 Å². The first-order chi connectivity index (χ1) is 16.5. The molecule has 2 unspecified atom stereocenters. The van der Waals surface area contributed by atoms with E-state index in [0.717, 1.165) is 16.6 Å². The van der Waals surface area contributed by atoms with Crippen LogP contribution in [0.1, 0.15) is 17.9 Å². The minimum Gasteiger partial charge on any atom is -0.378 e. The molecule has 1 N–H and O–H groups in total. The average Bonchev–Trinajstić information content (AvgIpc) is 3.53. The molecule has 6 rings (SSSR count). The van der Waals surface area contributed by atoms with Gasteiger partial charge in [-0.2, -0.15) is 18.3 Å². The molecule has 34 heavy (non-hydrogen) atoms. The minimum atomic E-state index is -4.34. The molecule has 2 saturated heterocycles. The van der Waals surface area contributed by atoms with Gasteiger partial charge in [0.15, 0.2) is 11.5 Å². The molecule has 4 aromatic heterocycles. The second-order valence-corrected chi connectivity index (χ2v) is 8.84. The highest BCUT2D eigenvalue weighted by Gasteiger charge is 2.48. The summed E-state index contributed by atoms with van der Waals surface area (Å²) in [4.78, 5) is 17.9. The summed E-state index contributed by atoms with van der Waals surface area (Å²) in [5, 5.41) is 4.36. The highest BCUT2D eigenvalue weighted by atomic mass is 19.4. The lowest BCUT2D eigenvalue weighted by molar-refractivity contribution is -0.162. The summed E-state index contributed by atoms with van der Waals surface area (Å²) in [5.74, 6) is -1.59. The number of hydrogen-bond donors (Lipinski definition) is 1. The number of aromatic nitrogens is 6. The highest BCUT2D eigenvalue weighted by molar-refractivity contribution is 5.88. The Kier molecular flexibility index (Phi) is 5.10. The summed E-state index contributed by atoms with van der Waals surface area (Å²) in [6.45, 7) is 2.32. The van der Waals surface area contributed by atoms with Crippen molar-refractivity contribution in [2.75, 3.05) is 26.3 Å². The number of alkyl halides is 3. The molecule has 2 aliphatic heterocycles. The van der Waals surface area contributed by atoms with Gasteiger partial charge in [0.1, 0.15) is 0 Å². The Labute approximate surface area is 192 Å². The molecule has 0 spiro atoms. The van der Waals surface area contributed by atoms with Crippen molar-refractivity contribution in [1.82, 2.24) is 34.6 Å². The fourth-order valence-corrected chi connectivity index (χ4v) is 4.98. The monoisotopic (exact) mass is 469 g/mol. The van der Waals surface area contributed by atoms with Crippen molar-refractivity contribution in [2.45, 2.75) is 24.6 Å². The first-order valence-corrected chi connectivity index (χ1v) is 11.2. The fraction of sp³-hybridized carbons (Fsp3) is 0.391. The van der Waals surface area contributed by atoms with E-state index in [-0.39, 0.29) is 11.6 Å². The van der Waals surface area contributed by atoms with Crippen molar-refractivity contribution in [1.29, 1.82) is 0 Å². The lowest BCUT2D eigenvalue weighted by Gasteiger charge is -2.35. The van der Waals surface area contributed by atoms with E-state index in [2.05, 4.69) is 29.9 Å². The van der Waals surface area contributed by atoms with E-state index in [4.69, 9.17) is 4.74 Å². The van der Waals surface area contributed by atoms with Crippen LogP contribution in [0.4, 0.5) is 13.2 Å². The number of hydrogen-bond acceptors (Lipinski definition) is 6. The number of pyridine rings is 2. The van der Waals surface area contributed by atoms with Gasteiger partial charge >= 0.3 is 6.18 Å². The van der Waals surface area contributed by atoms with Crippen molar-refractivity contribution in [3.8, 4) is 16.9 Å². The first kappa shape index (κ1) is 21.2. The van der Waals surface area contributed by atoms with Crippen LogP contribution >= 0.6 is 0 Å². The van der Waals surface area contributed by atoms with Gasteiger partial charge in [0.25, 0.3) is 0 Å². The molecular weight excluding hydrogens is 447 g/mol. The SMILES string of the molecule is FC(F)(F)C(c1ccc(-n2cc(-c3ccnc4nc[nH]c34)cn2)nc1)C1CCN(C2COC2)C1. The third-order valence-corrected chi connectivity index (χ3v) is 6.80. The molecule has 2 aliphatic rings. The number of ether oxygens (including phenoxy) is 1. The summed E-state index contributed by atoms with van der Waals surface area (Å²) in [6, 6.07) is 5.22. The Morgan fingerprint density at radius 1 is 1.09 bits per heavy atom. The Balaban J connectivity index is 1.24. The van der Waals surface area contributed by atoms with Gasteiger partial charge in [-0.1, -0.05) is 6.07 Å². The second-order valence-electron chi connectivity index (χ2n) is 8.84. The van der Waals surface area contributed by atoms with E-state index in [1.807, 2.05) is 6.07 Å². The molecule has 0 amide bonds. The van der Waals surface area contributed by atoms with Crippen LogP contribution in [0.5, 0.6) is 0 Å². The standard InChI is InChI=1S/C23H22F3N7O/c24-23(25,26)20(15-4-6-32(9-15)17-11-34-12-17)14-1-2-19(28-7-14)33-10-16(8-31-33)18-3-5-27-22-21(18)29-13-30-22/h1-3,5,7-8,10,13,15,17,20H,4,6,9,11-12H2,(H,27,29,30). The molecule has 2 atom stereocenters. The summed E-state index contributed by atoms with van der Waals surface area (Å²) >= 11 is 0. The zero-order chi connectivity index (χ0) is 23.3. The number of likely N-dealkylation sites (tertiary alicyclic amines) is 1. The van der Waals surface area contributed by atoms with E-state index in [9.17, 15) is 13.2 Å². The maximum Gasteiger partial charge on any atom is 0.396 e. The molecule has 176 valence electrons. The molecule has 6 heterocycles. The van der Waals surface area contributed by atoms with Crippen LogP contribution in [0.15, 0.2) is 49.3 Å². The molecule has 0 aliphatic carbocycles. The number of imidazole rings is 1. The molecule has 0 bridgehead atoms. The molecule has 4 aromatic rings. The van der Waals surface area contributed by atoms with Crippen LogP contribution in [0.2, 0.25) is 0 Å². The lowest BCUT2D eigenvalue weighted by Crippen LogP contribution is -2.48. The molecule has 0 aromatic carbocycles. The highest BCUT2D eigenvalue weighted by Crippen LogP contribution is 2.44. The van der Waals surface area contributed by atoms with Crippen LogP contribution in [0.3, 0.4) is 0 Å². The summed E-state index contributed by atoms with van der Waals surface area (Å²) < 4.78 is 49.0. The van der Waals surface area contributed by atoms with Gasteiger partial charge in [-0.3, -0.25) is 4.90 Å². The summed E-state index contributed by atoms with van der Waals surface area (Å²) in [6.07, 6.45) is 4.22. The van der Waals surface area contributed by atoms with Gasteiger partial charge in [-0.25, -0.2) is 19.6 Å². The van der Waals surface area contributed by atoms with Crippen LogP contribution < -0.4 is 0 Å². The first-order valence-electron chi connectivity index (χ1n) is 11.2. The maximum atomic E-state index is 14.1. The smallest absolute Gasteiger partial charge is 0.378 e. The molecule has 0 saturated carbocycles. The van der Waals surface area contributed by atoms with Crippen molar-refractivity contribution >= 4 is 11.2 Å². The van der Waals surface area contributed by atoms with Gasteiger partial charge < -0.3 is 9.72 Å². The van der Waals surface area contributed by atoms with E-state index in [0.29, 0.717) is 44.2 Å². The number of nitrogens with one attached hydrogen (secondary N) is 1. The van der Waals surface area contributed by atoms with Gasteiger partial charge in [0.2, 0.25) is 0 Å². The van der Waals surface area contributed by atoms with E-state index in [1.165, 1.54) is 12.3 Å². The predicted octanol–water partition coefficient (Wildman–Crippen LogP) is 3.57.